The Kier molecular flexibility index (Phi) is 6.59. The van der Waals surface area contributed by atoms with Crippen LogP contribution in [-0.4, -0.2) is 28.3 Å². The molecular formula is C20H24ClNO3. The first kappa shape index (κ1) is 19.4. The maximum atomic E-state index is 12.3. The van der Waals surface area contributed by atoms with E-state index in [0.29, 0.717) is 29.0 Å². The molecule has 0 saturated heterocycles. The molecule has 2 aromatic rings. The quantitative estimate of drug-likeness (QED) is 0.706. The summed E-state index contributed by atoms with van der Waals surface area (Å²) in [6.45, 7) is 3.61. The molecule has 0 aromatic heterocycles. The van der Waals surface area contributed by atoms with Crippen molar-refractivity contribution >= 4 is 17.5 Å². The largest absolute Gasteiger partial charge is 0.390 e. The van der Waals surface area contributed by atoms with E-state index < -0.39 is 11.7 Å². The molecule has 0 radical (unpaired) electrons. The third kappa shape index (κ3) is 6.16. The molecule has 2 rings (SSSR count). The summed E-state index contributed by atoms with van der Waals surface area (Å²) in [6.07, 6.45) is 0.437. The standard InChI is InChI=1S/C20H24ClNO3/c1-20(2,25)11-10-14-6-5-7-15(12-14)19(24)22-13-18(23)16-8-3-4-9-17(16)21/h3-9,12,18,23,25H,10-11,13H2,1-2H3,(H,22,24)/t18-/m0/s1. The van der Waals surface area contributed by atoms with E-state index in [1.807, 2.05) is 18.2 Å². The molecule has 0 unspecified atom stereocenters. The summed E-state index contributed by atoms with van der Waals surface area (Å²) in [4.78, 5) is 12.3. The fraction of sp³-hybridized carbons (Fsp3) is 0.350. The van der Waals surface area contributed by atoms with Crippen LogP contribution < -0.4 is 5.32 Å². The smallest absolute Gasteiger partial charge is 0.251 e. The number of benzene rings is 2. The summed E-state index contributed by atoms with van der Waals surface area (Å²) in [6, 6.07) is 14.3. The molecule has 134 valence electrons. The Morgan fingerprint density at radius 1 is 1.20 bits per heavy atom. The van der Waals surface area contributed by atoms with Crippen molar-refractivity contribution in [3.8, 4) is 0 Å². The van der Waals surface area contributed by atoms with Crippen LogP contribution >= 0.6 is 11.6 Å². The Bertz CT molecular complexity index is 725. The minimum Gasteiger partial charge on any atom is -0.390 e. The molecule has 0 aliphatic heterocycles. The summed E-state index contributed by atoms with van der Waals surface area (Å²) >= 11 is 6.05. The number of aliphatic hydroxyl groups is 2. The molecule has 25 heavy (non-hydrogen) atoms. The summed E-state index contributed by atoms with van der Waals surface area (Å²) in [5.74, 6) is -0.254. The number of rotatable bonds is 7. The monoisotopic (exact) mass is 361 g/mol. The van der Waals surface area contributed by atoms with Crippen LogP contribution in [0, 0.1) is 0 Å². The zero-order chi connectivity index (χ0) is 18.4. The molecule has 0 spiro atoms. The average molecular weight is 362 g/mol. The van der Waals surface area contributed by atoms with Gasteiger partial charge in [-0.1, -0.05) is 41.9 Å². The zero-order valence-electron chi connectivity index (χ0n) is 14.5. The topological polar surface area (TPSA) is 69.6 Å². The van der Waals surface area contributed by atoms with E-state index in [1.165, 1.54) is 0 Å². The van der Waals surface area contributed by atoms with Crippen molar-refractivity contribution in [3.05, 3.63) is 70.2 Å². The molecule has 0 saturated carbocycles. The lowest BCUT2D eigenvalue weighted by Gasteiger charge is -2.17. The first-order chi connectivity index (χ1) is 11.8. The Hall–Kier alpha value is -1.88. The summed E-state index contributed by atoms with van der Waals surface area (Å²) in [5.41, 5.74) is 1.36. The van der Waals surface area contributed by atoms with Gasteiger partial charge in [0.1, 0.15) is 0 Å². The fourth-order valence-corrected chi connectivity index (χ4v) is 2.73. The first-order valence-corrected chi connectivity index (χ1v) is 8.66. The molecule has 0 bridgehead atoms. The first-order valence-electron chi connectivity index (χ1n) is 8.28. The van der Waals surface area contributed by atoms with Crippen molar-refractivity contribution in [1.82, 2.24) is 5.32 Å². The fourth-order valence-electron chi connectivity index (χ4n) is 2.47. The number of carbonyl (C=O) groups excluding carboxylic acids is 1. The average Bonchev–Trinajstić information content (AvgIpc) is 2.57. The number of amides is 1. The molecule has 3 N–H and O–H groups in total. The minimum atomic E-state index is -0.865. The van der Waals surface area contributed by atoms with Crippen molar-refractivity contribution in [2.24, 2.45) is 0 Å². The Balaban J connectivity index is 1.96. The molecule has 4 nitrogen and oxygen atoms in total. The molecule has 1 amide bonds. The van der Waals surface area contributed by atoms with Crippen molar-refractivity contribution < 1.29 is 15.0 Å². The third-order valence-corrected chi connectivity index (χ3v) is 4.28. The summed E-state index contributed by atoms with van der Waals surface area (Å²) in [5, 5.41) is 23.2. The van der Waals surface area contributed by atoms with Gasteiger partial charge in [0.2, 0.25) is 0 Å². The van der Waals surface area contributed by atoms with Crippen molar-refractivity contribution in [1.29, 1.82) is 0 Å². The molecular weight excluding hydrogens is 338 g/mol. The van der Waals surface area contributed by atoms with Crippen molar-refractivity contribution in [3.63, 3.8) is 0 Å². The Morgan fingerprint density at radius 2 is 1.92 bits per heavy atom. The van der Waals surface area contributed by atoms with Crippen LogP contribution in [-0.2, 0) is 6.42 Å². The molecule has 2 aromatic carbocycles. The molecule has 0 heterocycles. The van der Waals surface area contributed by atoms with E-state index in [4.69, 9.17) is 11.6 Å². The van der Waals surface area contributed by atoms with Crippen LogP contribution in [0.15, 0.2) is 48.5 Å². The summed E-state index contributed by atoms with van der Waals surface area (Å²) in [7, 11) is 0. The predicted molar refractivity (Wildman–Crippen MR) is 99.8 cm³/mol. The third-order valence-electron chi connectivity index (χ3n) is 3.93. The lowest BCUT2D eigenvalue weighted by molar-refractivity contribution is 0.0714. The van der Waals surface area contributed by atoms with E-state index in [0.717, 1.165) is 5.56 Å². The maximum Gasteiger partial charge on any atom is 0.251 e. The Labute approximate surface area is 153 Å². The second-order valence-corrected chi connectivity index (χ2v) is 7.17. The van der Waals surface area contributed by atoms with E-state index in [9.17, 15) is 15.0 Å². The normalized spacial score (nSPS) is 12.7. The highest BCUT2D eigenvalue weighted by Gasteiger charge is 2.15. The van der Waals surface area contributed by atoms with Gasteiger partial charge in [-0.25, -0.2) is 0 Å². The maximum absolute atomic E-state index is 12.3. The van der Waals surface area contributed by atoms with Crippen LogP contribution in [0.2, 0.25) is 5.02 Å². The molecule has 1 atom stereocenters. The lowest BCUT2D eigenvalue weighted by Crippen LogP contribution is -2.28. The highest BCUT2D eigenvalue weighted by Crippen LogP contribution is 2.22. The number of nitrogens with one attached hydrogen (secondary N) is 1. The Morgan fingerprint density at radius 3 is 2.60 bits per heavy atom. The number of hydrogen-bond acceptors (Lipinski definition) is 3. The van der Waals surface area contributed by atoms with Crippen LogP contribution in [0.4, 0.5) is 0 Å². The SMILES string of the molecule is CC(C)(O)CCc1cccc(C(=O)NC[C@H](O)c2ccccc2Cl)c1. The van der Waals surface area contributed by atoms with Crippen LogP contribution in [0.5, 0.6) is 0 Å². The van der Waals surface area contributed by atoms with Gasteiger partial charge in [-0.2, -0.15) is 0 Å². The summed E-state index contributed by atoms with van der Waals surface area (Å²) < 4.78 is 0. The van der Waals surface area contributed by atoms with Gasteiger partial charge >= 0.3 is 0 Å². The van der Waals surface area contributed by atoms with Crippen LogP contribution in [0.25, 0.3) is 0 Å². The van der Waals surface area contributed by atoms with Gasteiger partial charge in [0.05, 0.1) is 11.7 Å². The van der Waals surface area contributed by atoms with Gasteiger partial charge in [-0.15, -0.1) is 0 Å². The molecule has 0 aliphatic rings. The zero-order valence-corrected chi connectivity index (χ0v) is 15.3. The van der Waals surface area contributed by atoms with Gasteiger partial charge in [-0.3, -0.25) is 4.79 Å². The van der Waals surface area contributed by atoms with Crippen molar-refractivity contribution in [2.45, 2.75) is 38.4 Å². The number of aryl methyl sites for hydroxylation is 1. The van der Waals surface area contributed by atoms with E-state index in [1.54, 1.807) is 44.2 Å². The molecule has 5 heteroatoms. The number of hydrogen-bond donors (Lipinski definition) is 3. The molecule has 0 fully saturated rings. The van der Waals surface area contributed by atoms with Gasteiger partial charge in [0.15, 0.2) is 0 Å². The van der Waals surface area contributed by atoms with Gasteiger partial charge in [0, 0.05) is 22.7 Å². The van der Waals surface area contributed by atoms with Crippen LogP contribution in [0.1, 0.15) is 47.9 Å². The van der Waals surface area contributed by atoms with E-state index in [-0.39, 0.29) is 12.5 Å². The predicted octanol–water partition coefficient (Wildman–Crippen LogP) is 3.51. The number of carbonyl (C=O) groups is 1. The van der Waals surface area contributed by atoms with Gasteiger partial charge in [0.25, 0.3) is 5.91 Å². The lowest BCUT2D eigenvalue weighted by atomic mass is 9.98. The molecule has 0 aliphatic carbocycles. The minimum absolute atomic E-state index is 0.0798. The number of halogens is 1. The van der Waals surface area contributed by atoms with Gasteiger partial charge < -0.3 is 15.5 Å². The second kappa shape index (κ2) is 8.48. The second-order valence-electron chi connectivity index (χ2n) is 6.76. The number of aliphatic hydroxyl groups excluding tert-OH is 1. The van der Waals surface area contributed by atoms with E-state index in [2.05, 4.69) is 5.32 Å². The van der Waals surface area contributed by atoms with E-state index >= 15 is 0 Å². The van der Waals surface area contributed by atoms with Crippen molar-refractivity contribution in [2.75, 3.05) is 6.54 Å². The highest BCUT2D eigenvalue weighted by atomic mass is 35.5. The van der Waals surface area contributed by atoms with Crippen LogP contribution in [0.3, 0.4) is 0 Å². The van der Waals surface area contributed by atoms with Gasteiger partial charge in [-0.05, 0) is 50.5 Å². The highest BCUT2D eigenvalue weighted by molar-refractivity contribution is 6.31.